The van der Waals surface area contributed by atoms with Gasteiger partial charge in [0.05, 0.1) is 6.10 Å². The van der Waals surface area contributed by atoms with E-state index >= 15 is 0 Å². The minimum Gasteiger partial charge on any atom is -0.487 e. The number of benzene rings is 1. The van der Waals surface area contributed by atoms with E-state index in [1.54, 1.807) is 6.92 Å². The lowest BCUT2D eigenvalue weighted by Gasteiger charge is -2.35. The summed E-state index contributed by atoms with van der Waals surface area (Å²) < 4.78 is 11.3. The number of hydrogen-bond acceptors (Lipinski definition) is 3. The lowest BCUT2D eigenvalue weighted by atomic mass is 9.92. The molecule has 0 spiro atoms. The van der Waals surface area contributed by atoms with Crippen molar-refractivity contribution in [3.05, 3.63) is 23.8 Å². The van der Waals surface area contributed by atoms with Gasteiger partial charge in [0.15, 0.2) is 0 Å². The van der Waals surface area contributed by atoms with Crippen molar-refractivity contribution in [2.75, 3.05) is 6.61 Å². The third-order valence-corrected chi connectivity index (χ3v) is 2.90. The molecule has 3 nitrogen and oxygen atoms in total. The summed E-state index contributed by atoms with van der Waals surface area (Å²) in [5, 5.41) is 10.1. The maximum absolute atomic E-state index is 10.1. The highest BCUT2D eigenvalue weighted by atomic mass is 16.5. The van der Waals surface area contributed by atoms with E-state index in [0.29, 0.717) is 24.5 Å². The molecule has 1 unspecified atom stereocenters. The molecule has 1 N–H and O–H groups in total. The van der Waals surface area contributed by atoms with Crippen LogP contribution in [0.4, 0.5) is 0 Å². The van der Waals surface area contributed by atoms with Crippen LogP contribution in [-0.4, -0.2) is 17.3 Å². The maximum Gasteiger partial charge on any atom is 0.149 e. The highest BCUT2D eigenvalue weighted by molar-refractivity contribution is 5.44. The molecule has 2 rings (SSSR count). The standard InChI is InChI=1S/C15H18O3/c1-4-5-8-17-11-6-7-12-13(16)10-15(2,3)18-14(12)9-11/h6-7,9,13,16H,8,10H2,1-3H3. The second-order valence-electron chi connectivity index (χ2n) is 5.00. The molecule has 1 aromatic carbocycles. The van der Waals surface area contributed by atoms with Gasteiger partial charge >= 0.3 is 0 Å². The van der Waals surface area contributed by atoms with Crippen molar-refractivity contribution in [3.63, 3.8) is 0 Å². The monoisotopic (exact) mass is 246 g/mol. The van der Waals surface area contributed by atoms with Crippen LogP contribution in [-0.2, 0) is 0 Å². The number of aliphatic hydroxyl groups excluding tert-OH is 1. The fourth-order valence-corrected chi connectivity index (χ4v) is 2.07. The molecule has 0 bridgehead atoms. The normalized spacial score (nSPS) is 20.1. The second-order valence-corrected chi connectivity index (χ2v) is 5.00. The zero-order chi connectivity index (χ0) is 13.2. The van der Waals surface area contributed by atoms with E-state index in [4.69, 9.17) is 9.47 Å². The SMILES string of the molecule is CC#CCOc1ccc2c(c1)OC(C)(C)CC2O. The van der Waals surface area contributed by atoms with Crippen LogP contribution in [0.25, 0.3) is 0 Å². The van der Waals surface area contributed by atoms with Crippen LogP contribution in [0.1, 0.15) is 38.9 Å². The first kappa shape index (κ1) is 12.8. The van der Waals surface area contributed by atoms with Crippen molar-refractivity contribution in [3.8, 4) is 23.3 Å². The summed E-state index contributed by atoms with van der Waals surface area (Å²) in [4.78, 5) is 0. The molecule has 18 heavy (non-hydrogen) atoms. The fourth-order valence-electron chi connectivity index (χ4n) is 2.07. The number of hydrogen-bond donors (Lipinski definition) is 1. The lowest BCUT2D eigenvalue weighted by Crippen LogP contribution is -2.34. The van der Waals surface area contributed by atoms with Gasteiger partial charge in [0.1, 0.15) is 23.7 Å². The molecule has 1 aliphatic rings. The first-order valence-electron chi connectivity index (χ1n) is 6.05. The van der Waals surface area contributed by atoms with Crippen LogP contribution >= 0.6 is 0 Å². The molecule has 0 aliphatic carbocycles. The number of aliphatic hydroxyl groups is 1. The number of rotatable bonds is 2. The Kier molecular flexibility index (Phi) is 3.49. The van der Waals surface area contributed by atoms with E-state index < -0.39 is 6.10 Å². The largest absolute Gasteiger partial charge is 0.487 e. The van der Waals surface area contributed by atoms with E-state index in [0.717, 1.165) is 5.56 Å². The summed E-state index contributed by atoms with van der Waals surface area (Å²) in [6, 6.07) is 5.50. The highest BCUT2D eigenvalue weighted by Crippen LogP contribution is 2.40. The minimum atomic E-state index is -0.478. The molecule has 0 radical (unpaired) electrons. The van der Waals surface area contributed by atoms with Crippen LogP contribution in [0, 0.1) is 11.8 Å². The first-order valence-corrected chi connectivity index (χ1v) is 6.05. The molecule has 0 fully saturated rings. The van der Waals surface area contributed by atoms with Crippen LogP contribution < -0.4 is 9.47 Å². The molecule has 0 saturated heterocycles. The number of fused-ring (bicyclic) bond motifs is 1. The maximum atomic E-state index is 10.1. The number of ether oxygens (including phenoxy) is 2. The van der Waals surface area contributed by atoms with E-state index in [1.807, 2.05) is 32.0 Å². The van der Waals surface area contributed by atoms with Gasteiger partial charge in [-0.15, -0.1) is 5.92 Å². The van der Waals surface area contributed by atoms with E-state index in [9.17, 15) is 5.11 Å². The molecule has 1 heterocycles. The van der Waals surface area contributed by atoms with Gasteiger partial charge < -0.3 is 14.6 Å². The summed E-state index contributed by atoms with van der Waals surface area (Å²) in [7, 11) is 0. The van der Waals surface area contributed by atoms with E-state index in [1.165, 1.54) is 0 Å². The van der Waals surface area contributed by atoms with Crippen molar-refractivity contribution in [1.82, 2.24) is 0 Å². The molecule has 1 aromatic rings. The minimum absolute atomic E-state index is 0.353. The van der Waals surface area contributed by atoms with E-state index in [2.05, 4.69) is 11.8 Å². The van der Waals surface area contributed by atoms with Gasteiger partial charge in [-0.1, -0.05) is 5.92 Å². The molecule has 0 aromatic heterocycles. The predicted octanol–water partition coefficient (Wildman–Crippen LogP) is 2.68. The van der Waals surface area contributed by atoms with Crippen molar-refractivity contribution in [2.24, 2.45) is 0 Å². The Labute approximate surface area is 108 Å². The molecule has 1 atom stereocenters. The first-order chi connectivity index (χ1) is 8.52. The van der Waals surface area contributed by atoms with Gasteiger partial charge in [-0.25, -0.2) is 0 Å². The Morgan fingerprint density at radius 1 is 1.50 bits per heavy atom. The fraction of sp³-hybridized carbons (Fsp3) is 0.467. The summed E-state index contributed by atoms with van der Waals surface area (Å²) in [6.07, 6.45) is 0.120. The Balaban J connectivity index is 2.22. The predicted molar refractivity (Wildman–Crippen MR) is 69.7 cm³/mol. The highest BCUT2D eigenvalue weighted by Gasteiger charge is 2.32. The Bertz CT molecular complexity index is 494. The smallest absolute Gasteiger partial charge is 0.149 e. The van der Waals surface area contributed by atoms with Gasteiger partial charge in [0.25, 0.3) is 0 Å². The van der Waals surface area contributed by atoms with Crippen molar-refractivity contribution < 1.29 is 14.6 Å². The van der Waals surface area contributed by atoms with Crippen LogP contribution in [0.3, 0.4) is 0 Å². The summed E-state index contributed by atoms with van der Waals surface area (Å²) >= 11 is 0. The third kappa shape index (κ3) is 2.77. The second kappa shape index (κ2) is 4.91. The topological polar surface area (TPSA) is 38.7 Å². The van der Waals surface area contributed by atoms with Gasteiger partial charge in [-0.3, -0.25) is 0 Å². The molecular formula is C15H18O3. The van der Waals surface area contributed by atoms with Gasteiger partial charge in [0.2, 0.25) is 0 Å². The van der Waals surface area contributed by atoms with Crippen molar-refractivity contribution in [2.45, 2.75) is 38.9 Å². The molecule has 3 heteroatoms. The Morgan fingerprint density at radius 2 is 2.28 bits per heavy atom. The summed E-state index contributed by atoms with van der Waals surface area (Å²) in [5.41, 5.74) is 0.470. The van der Waals surface area contributed by atoms with Crippen LogP contribution in [0.5, 0.6) is 11.5 Å². The average molecular weight is 246 g/mol. The van der Waals surface area contributed by atoms with Gasteiger partial charge in [0, 0.05) is 18.1 Å². The zero-order valence-corrected chi connectivity index (χ0v) is 11.0. The summed E-state index contributed by atoms with van der Waals surface area (Å²) in [5.74, 6) is 7.02. The Morgan fingerprint density at radius 3 is 3.00 bits per heavy atom. The third-order valence-electron chi connectivity index (χ3n) is 2.90. The van der Waals surface area contributed by atoms with Crippen LogP contribution in [0.2, 0.25) is 0 Å². The summed E-state index contributed by atoms with van der Waals surface area (Å²) in [6.45, 7) is 6.07. The van der Waals surface area contributed by atoms with Gasteiger partial charge in [-0.05, 0) is 32.9 Å². The molecule has 0 saturated carbocycles. The van der Waals surface area contributed by atoms with Crippen molar-refractivity contribution in [1.29, 1.82) is 0 Å². The molecule has 1 aliphatic heterocycles. The van der Waals surface area contributed by atoms with Crippen LogP contribution in [0.15, 0.2) is 18.2 Å². The van der Waals surface area contributed by atoms with Crippen molar-refractivity contribution >= 4 is 0 Å². The quantitative estimate of drug-likeness (QED) is 0.815. The Hall–Kier alpha value is -1.66. The molecule has 0 amide bonds. The van der Waals surface area contributed by atoms with Gasteiger partial charge in [-0.2, -0.15) is 0 Å². The van der Waals surface area contributed by atoms with E-state index in [-0.39, 0.29) is 5.60 Å². The molecular weight excluding hydrogens is 228 g/mol. The lowest BCUT2D eigenvalue weighted by molar-refractivity contribution is 0.0113. The molecule has 96 valence electrons. The average Bonchev–Trinajstić information content (AvgIpc) is 2.27. The zero-order valence-electron chi connectivity index (χ0n) is 11.0.